The van der Waals surface area contributed by atoms with Crippen LogP contribution >= 0.6 is 11.3 Å². The molecule has 2 heterocycles. The molecule has 0 radical (unpaired) electrons. The lowest BCUT2D eigenvalue weighted by Crippen LogP contribution is -2.21. The van der Waals surface area contributed by atoms with Crippen molar-refractivity contribution in [2.24, 2.45) is 5.73 Å². The van der Waals surface area contributed by atoms with E-state index in [4.69, 9.17) is 15.2 Å². The molecule has 2 N–H and O–H groups in total. The van der Waals surface area contributed by atoms with Crippen LogP contribution in [0.5, 0.6) is 0 Å². The Morgan fingerprint density at radius 3 is 3.07 bits per heavy atom. The zero-order valence-electron chi connectivity index (χ0n) is 8.68. The van der Waals surface area contributed by atoms with E-state index in [0.29, 0.717) is 19.8 Å². The molecular formula is C9H15N3O2S. The van der Waals surface area contributed by atoms with Crippen molar-refractivity contribution in [2.45, 2.75) is 25.5 Å². The molecule has 0 aliphatic carbocycles. The Balaban J connectivity index is 2.05. The van der Waals surface area contributed by atoms with Gasteiger partial charge in [-0.05, 0) is 6.42 Å². The zero-order valence-corrected chi connectivity index (χ0v) is 9.50. The molecule has 0 aromatic carbocycles. The van der Waals surface area contributed by atoms with E-state index in [-0.39, 0.29) is 12.1 Å². The highest BCUT2D eigenvalue weighted by molar-refractivity contribution is 7.11. The Labute approximate surface area is 92.6 Å². The van der Waals surface area contributed by atoms with Crippen LogP contribution in [0.3, 0.4) is 0 Å². The van der Waals surface area contributed by atoms with Gasteiger partial charge < -0.3 is 15.2 Å². The van der Waals surface area contributed by atoms with Gasteiger partial charge in [0, 0.05) is 0 Å². The van der Waals surface area contributed by atoms with Gasteiger partial charge >= 0.3 is 0 Å². The first kappa shape index (κ1) is 10.9. The minimum Gasteiger partial charge on any atom is -0.376 e. The highest BCUT2D eigenvalue weighted by Crippen LogP contribution is 2.26. The maximum atomic E-state index is 5.87. The monoisotopic (exact) mass is 229 g/mol. The van der Waals surface area contributed by atoms with Crippen LogP contribution in [0.2, 0.25) is 0 Å². The summed E-state index contributed by atoms with van der Waals surface area (Å²) in [6.07, 6.45) is 0.811. The number of hydrogen-bond donors (Lipinski definition) is 1. The molecule has 1 aromatic heterocycles. The second-order valence-electron chi connectivity index (χ2n) is 3.43. The van der Waals surface area contributed by atoms with Gasteiger partial charge in [-0.1, -0.05) is 18.3 Å². The third kappa shape index (κ3) is 2.52. The molecule has 0 amide bonds. The Hall–Kier alpha value is -0.560. The van der Waals surface area contributed by atoms with Crippen LogP contribution in [0.25, 0.3) is 0 Å². The fourth-order valence-electron chi connectivity index (χ4n) is 1.33. The summed E-state index contributed by atoms with van der Waals surface area (Å²) in [5.41, 5.74) is 5.87. The molecular weight excluding hydrogens is 214 g/mol. The van der Waals surface area contributed by atoms with Gasteiger partial charge in [-0.25, -0.2) is 0 Å². The minimum atomic E-state index is -0.0611. The van der Waals surface area contributed by atoms with Gasteiger partial charge in [0.15, 0.2) is 0 Å². The van der Waals surface area contributed by atoms with Crippen molar-refractivity contribution in [2.75, 3.05) is 19.8 Å². The number of ether oxygens (including phenoxy) is 2. The SMILES string of the molecule is CCC(N)c1nnc(C2COCCO2)s1. The predicted octanol–water partition coefficient (Wildman–Crippen LogP) is 1.04. The largest absolute Gasteiger partial charge is 0.376 e. The lowest BCUT2D eigenvalue weighted by molar-refractivity contribution is -0.0903. The first-order valence-corrected chi connectivity index (χ1v) is 5.91. The van der Waals surface area contributed by atoms with Crippen molar-refractivity contribution >= 4 is 11.3 Å². The van der Waals surface area contributed by atoms with Crippen molar-refractivity contribution in [1.82, 2.24) is 10.2 Å². The molecule has 0 spiro atoms. The molecule has 1 aliphatic rings. The van der Waals surface area contributed by atoms with Crippen LogP contribution in [-0.2, 0) is 9.47 Å². The van der Waals surface area contributed by atoms with Crippen LogP contribution in [0.4, 0.5) is 0 Å². The van der Waals surface area contributed by atoms with E-state index in [9.17, 15) is 0 Å². The van der Waals surface area contributed by atoms with Gasteiger partial charge in [0.2, 0.25) is 0 Å². The molecule has 1 aliphatic heterocycles. The molecule has 84 valence electrons. The average Bonchev–Trinajstić information content (AvgIpc) is 2.78. The van der Waals surface area contributed by atoms with Crippen molar-refractivity contribution in [3.63, 3.8) is 0 Å². The van der Waals surface area contributed by atoms with Crippen LogP contribution in [-0.4, -0.2) is 30.0 Å². The number of nitrogens with two attached hydrogens (primary N) is 1. The van der Waals surface area contributed by atoms with E-state index in [0.717, 1.165) is 16.4 Å². The van der Waals surface area contributed by atoms with Crippen molar-refractivity contribution in [3.05, 3.63) is 10.0 Å². The normalized spacial score (nSPS) is 24.0. The standard InChI is InChI=1S/C9H15N3O2S/c1-2-6(10)8-11-12-9(15-8)7-5-13-3-4-14-7/h6-7H,2-5,10H2,1H3. The highest BCUT2D eigenvalue weighted by atomic mass is 32.1. The van der Waals surface area contributed by atoms with E-state index in [2.05, 4.69) is 10.2 Å². The highest BCUT2D eigenvalue weighted by Gasteiger charge is 2.22. The van der Waals surface area contributed by atoms with Crippen molar-refractivity contribution in [1.29, 1.82) is 0 Å². The second-order valence-corrected chi connectivity index (χ2v) is 4.47. The summed E-state index contributed by atoms with van der Waals surface area (Å²) in [6.45, 7) is 3.89. The molecule has 2 atom stereocenters. The summed E-state index contributed by atoms with van der Waals surface area (Å²) in [5, 5.41) is 9.91. The van der Waals surface area contributed by atoms with Crippen molar-refractivity contribution in [3.8, 4) is 0 Å². The van der Waals surface area contributed by atoms with Gasteiger partial charge in [-0.15, -0.1) is 10.2 Å². The minimum absolute atomic E-state index is 0.0132. The van der Waals surface area contributed by atoms with Crippen LogP contribution in [0.1, 0.15) is 35.5 Å². The first-order valence-electron chi connectivity index (χ1n) is 5.09. The third-order valence-electron chi connectivity index (χ3n) is 2.30. The van der Waals surface area contributed by atoms with Crippen molar-refractivity contribution < 1.29 is 9.47 Å². The fraction of sp³-hybridized carbons (Fsp3) is 0.778. The topological polar surface area (TPSA) is 70.3 Å². The van der Waals surface area contributed by atoms with Gasteiger partial charge in [-0.3, -0.25) is 0 Å². The van der Waals surface area contributed by atoms with E-state index < -0.39 is 0 Å². The molecule has 1 fully saturated rings. The maximum Gasteiger partial charge on any atom is 0.148 e. The number of aromatic nitrogens is 2. The molecule has 2 rings (SSSR count). The van der Waals surface area contributed by atoms with E-state index in [1.807, 2.05) is 6.92 Å². The lowest BCUT2D eigenvalue weighted by Gasteiger charge is -2.20. The van der Waals surface area contributed by atoms with Gasteiger partial charge in [0.05, 0.1) is 25.9 Å². The smallest absolute Gasteiger partial charge is 0.148 e. The molecule has 15 heavy (non-hydrogen) atoms. The predicted molar refractivity (Wildman–Crippen MR) is 56.6 cm³/mol. The summed E-state index contributed by atoms with van der Waals surface area (Å²) >= 11 is 1.52. The molecule has 0 bridgehead atoms. The Kier molecular flexibility index (Phi) is 3.63. The molecule has 5 nitrogen and oxygen atoms in total. The van der Waals surface area contributed by atoms with E-state index >= 15 is 0 Å². The molecule has 0 saturated carbocycles. The third-order valence-corrected chi connectivity index (χ3v) is 3.45. The summed E-state index contributed by atoms with van der Waals surface area (Å²) in [6, 6.07) is -0.0132. The second kappa shape index (κ2) is 4.98. The summed E-state index contributed by atoms with van der Waals surface area (Å²) in [4.78, 5) is 0. The van der Waals surface area contributed by atoms with E-state index in [1.54, 1.807) is 0 Å². The zero-order chi connectivity index (χ0) is 10.7. The summed E-state index contributed by atoms with van der Waals surface area (Å²) in [7, 11) is 0. The summed E-state index contributed by atoms with van der Waals surface area (Å²) < 4.78 is 10.8. The maximum absolute atomic E-state index is 5.87. The molecule has 1 saturated heterocycles. The average molecular weight is 229 g/mol. The Bertz CT molecular complexity index is 312. The quantitative estimate of drug-likeness (QED) is 0.838. The Morgan fingerprint density at radius 1 is 1.53 bits per heavy atom. The molecule has 6 heteroatoms. The fourth-order valence-corrected chi connectivity index (χ4v) is 2.29. The Morgan fingerprint density at radius 2 is 2.40 bits per heavy atom. The van der Waals surface area contributed by atoms with Crippen LogP contribution in [0, 0.1) is 0 Å². The van der Waals surface area contributed by atoms with Gasteiger partial charge in [0.1, 0.15) is 16.1 Å². The molecule has 2 unspecified atom stereocenters. The number of hydrogen-bond acceptors (Lipinski definition) is 6. The summed E-state index contributed by atoms with van der Waals surface area (Å²) in [5.74, 6) is 0. The van der Waals surface area contributed by atoms with Crippen LogP contribution in [0.15, 0.2) is 0 Å². The molecule has 1 aromatic rings. The van der Waals surface area contributed by atoms with E-state index in [1.165, 1.54) is 11.3 Å². The van der Waals surface area contributed by atoms with Gasteiger partial charge in [0.25, 0.3) is 0 Å². The van der Waals surface area contributed by atoms with Crippen LogP contribution < -0.4 is 5.73 Å². The lowest BCUT2D eigenvalue weighted by atomic mass is 10.3. The van der Waals surface area contributed by atoms with Gasteiger partial charge in [-0.2, -0.15) is 0 Å². The number of nitrogens with zero attached hydrogens (tertiary/aromatic N) is 2. The first-order chi connectivity index (χ1) is 7.31. The number of rotatable bonds is 3.